The Morgan fingerprint density at radius 3 is 2.64 bits per heavy atom. The molecule has 3 heteroatoms. The molecule has 122 valence electrons. The van der Waals surface area contributed by atoms with Gasteiger partial charge in [0.15, 0.2) is 0 Å². The van der Waals surface area contributed by atoms with E-state index in [1.54, 1.807) is 6.08 Å². The molecule has 0 aromatic carbocycles. The number of allylic oxidation sites excluding steroid dienone is 5. The average Bonchev–Trinajstić information content (AvgIpc) is 2.51. The molecule has 3 nitrogen and oxygen atoms in total. The fourth-order valence-corrected chi connectivity index (χ4v) is 4.20. The van der Waals surface area contributed by atoms with Crippen molar-refractivity contribution in [2.45, 2.75) is 33.3 Å². The van der Waals surface area contributed by atoms with E-state index in [1.165, 1.54) is 13.2 Å². The zero-order valence-corrected chi connectivity index (χ0v) is 14.0. The summed E-state index contributed by atoms with van der Waals surface area (Å²) in [6, 6.07) is 0. The Bertz CT molecular complexity index is 477. The molecule has 0 spiro atoms. The number of hydrogen-bond acceptors (Lipinski definition) is 3. The Kier molecular flexibility index (Phi) is 5.63. The molecule has 0 aromatic heterocycles. The maximum Gasteiger partial charge on any atom is 0.330 e. The first-order valence-electron chi connectivity index (χ1n) is 8.25. The summed E-state index contributed by atoms with van der Waals surface area (Å²) >= 11 is 0. The lowest BCUT2D eigenvalue weighted by Crippen LogP contribution is -2.46. The summed E-state index contributed by atoms with van der Waals surface area (Å²) in [4.78, 5) is 11.1. The monoisotopic (exact) mass is 304 g/mol. The quantitative estimate of drug-likeness (QED) is 0.376. The number of aliphatic hydroxyl groups is 1. The number of aliphatic hydroxyl groups excluding tert-OH is 1. The first-order chi connectivity index (χ1) is 10.5. The van der Waals surface area contributed by atoms with Crippen LogP contribution < -0.4 is 0 Å². The largest absolute Gasteiger partial charge is 0.466 e. The smallest absolute Gasteiger partial charge is 0.330 e. The van der Waals surface area contributed by atoms with Gasteiger partial charge >= 0.3 is 5.97 Å². The van der Waals surface area contributed by atoms with Gasteiger partial charge in [-0.05, 0) is 41.9 Å². The van der Waals surface area contributed by atoms with Crippen LogP contribution in [0.4, 0.5) is 0 Å². The molecule has 2 aliphatic rings. The van der Waals surface area contributed by atoms with Gasteiger partial charge in [-0.3, -0.25) is 0 Å². The van der Waals surface area contributed by atoms with E-state index in [2.05, 4.69) is 43.7 Å². The molecule has 2 rings (SSSR count). The number of esters is 1. The van der Waals surface area contributed by atoms with Gasteiger partial charge in [0.25, 0.3) is 0 Å². The van der Waals surface area contributed by atoms with Gasteiger partial charge in [0.05, 0.1) is 13.2 Å². The van der Waals surface area contributed by atoms with Crippen molar-refractivity contribution >= 4 is 5.97 Å². The molecule has 0 amide bonds. The van der Waals surface area contributed by atoms with Crippen LogP contribution in [0.1, 0.15) is 27.2 Å². The Morgan fingerprint density at radius 1 is 1.23 bits per heavy atom. The third-order valence-electron chi connectivity index (χ3n) is 5.46. The highest BCUT2D eigenvalue weighted by Gasteiger charge is 2.44. The minimum atomic E-state index is -0.339. The third-order valence-corrected chi connectivity index (χ3v) is 5.46. The molecule has 1 unspecified atom stereocenters. The topological polar surface area (TPSA) is 46.5 Å². The van der Waals surface area contributed by atoms with Crippen LogP contribution in [0.15, 0.2) is 36.5 Å². The molecule has 1 saturated carbocycles. The molecule has 0 saturated heterocycles. The zero-order valence-electron chi connectivity index (χ0n) is 14.0. The highest BCUT2D eigenvalue weighted by Crippen LogP contribution is 2.48. The highest BCUT2D eigenvalue weighted by molar-refractivity contribution is 5.82. The van der Waals surface area contributed by atoms with Crippen molar-refractivity contribution < 1.29 is 14.6 Å². The van der Waals surface area contributed by atoms with Gasteiger partial charge in [-0.2, -0.15) is 0 Å². The van der Waals surface area contributed by atoms with Crippen molar-refractivity contribution in [1.82, 2.24) is 0 Å². The minimum absolute atomic E-state index is 0.221. The van der Waals surface area contributed by atoms with Crippen LogP contribution in [-0.4, -0.2) is 24.3 Å². The van der Waals surface area contributed by atoms with Gasteiger partial charge in [0.2, 0.25) is 0 Å². The predicted octanol–water partition coefficient (Wildman–Crippen LogP) is 3.36. The summed E-state index contributed by atoms with van der Waals surface area (Å²) in [5.41, 5.74) is 0. The number of ether oxygens (including phenoxy) is 1. The van der Waals surface area contributed by atoms with Gasteiger partial charge in [0.1, 0.15) is 0 Å². The summed E-state index contributed by atoms with van der Waals surface area (Å²) in [5, 5.41) is 10.4. The summed E-state index contributed by atoms with van der Waals surface area (Å²) in [6.45, 7) is 6.55. The molecule has 0 aromatic rings. The molecule has 22 heavy (non-hydrogen) atoms. The molecule has 0 bridgehead atoms. The van der Waals surface area contributed by atoms with Gasteiger partial charge in [-0.25, -0.2) is 4.79 Å². The maximum absolute atomic E-state index is 11.1. The van der Waals surface area contributed by atoms with Crippen LogP contribution in [0.25, 0.3) is 0 Å². The number of methoxy groups -OCH3 is 1. The van der Waals surface area contributed by atoms with Crippen LogP contribution >= 0.6 is 0 Å². The van der Waals surface area contributed by atoms with E-state index in [0.29, 0.717) is 35.5 Å². The van der Waals surface area contributed by atoms with Gasteiger partial charge in [-0.15, -0.1) is 0 Å². The lowest BCUT2D eigenvalue weighted by atomic mass is 9.58. The van der Waals surface area contributed by atoms with Gasteiger partial charge in [-0.1, -0.05) is 51.2 Å². The van der Waals surface area contributed by atoms with Gasteiger partial charge in [0, 0.05) is 6.08 Å². The molecule has 0 aliphatic heterocycles. The van der Waals surface area contributed by atoms with E-state index < -0.39 is 0 Å². The van der Waals surface area contributed by atoms with E-state index in [1.807, 2.05) is 6.08 Å². The second-order valence-electron chi connectivity index (χ2n) is 6.89. The Morgan fingerprint density at radius 2 is 1.95 bits per heavy atom. The van der Waals surface area contributed by atoms with Crippen LogP contribution in [0.3, 0.4) is 0 Å². The summed E-state index contributed by atoms with van der Waals surface area (Å²) in [6.07, 6.45) is 12.8. The summed E-state index contributed by atoms with van der Waals surface area (Å²) < 4.78 is 4.59. The van der Waals surface area contributed by atoms with Crippen LogP contribution in [0.5, 0.6) is 0 Å². The van der Waals surface area contributed by atoms with E-state index in [4.69, 9.17) is 0 Å². The highest BCUT2D eigenvalue weighted by atomic mass is 16.5. The number of carbonyl (C=O) groups excluding carboxylic acids is 1. The van der Waals surface area contributed by atoms with E-state index in [9.17, 15) is 9.90 Å². The Hall–Kier alpha value is -1.35. The summed E-state index contributed by atoms with van der Waals surface area (Å²) in [5.74, 6) is 2.17. The Balaban J connectivity index is 2.15. The number of carbonyl (C=O) groups is 1. The lowest BCUT2D eigenvalue weighted by Gasteiger charge is -2.48. The van der Waals surface area contributed by atoms with Crippen molar-refractivity contribution in [1.29, 1.82) is 0 Å². The van der Waals surface area contributed by atoms with Crippen molar-refractivity contribution in [3.8, 4) is 0 Å². The molecule has 1 fully saturated rings. The van der Waals surface area contributed by atoms with Crippen molar-refractivity contribution in [3.63, 3.8) is 0 Å². The zero-order chi connectivity index (χ0) is 16.3. The van der Waals surface area contributed by atoms with Crippen LogP contribution in [-0.2, 0) is 9.53 Å². The third kappa shape index (κ3) is 3.52. The molecular formula is C19H28O3. The normalized spacial score (nSPS) is 41.8. The predicted molar refractivity (Wildman–Crippen MR) is 88.0 cm³/mol. The Labute approximate surface area is 133 Å². The molecule has 0 radical (unpaired) electrons. The lowest BCUT2D eigenvalue weighted by molar-refractivity contribution is -0.134. The van der Waals surface area contributed by atoms with Crippen molar-refractivity contribution in [3.05, 3.63) is 36.5 Å². The molecule has 2 aliphatic carbocycles. The fourth-order valence-electron chi connectivity index (χ4n) is 4.20. The SMILES string of the molecule is COC(=O)/C=C/C=C/[C@@H]1C2[C@H](C=C[C@H]1C)C[C@@H](C)[C@H](O)[C@H]2C. The molecule has 0 heterocycles. The van der Waals surface area contributed by atoms with Crippen LogP contribution in [0.2, 0.25) is 0 Å². The molecular weight excluding hydrogens is 276 g/mol. The van der Waals surface area contributed by atoms with Crippen molar-refractivity contribution in [2.24, 2.45) is 35.5 Å². The fraction of sp³-hybridized carbons (Fsp3) is 0.632. The summed E-state index contributed by atoms with van der Waals surface area (Å²) in [7, 11) is 1.38. The van der Waals surface area contributed by atoms with E-state index >= 15 is 0 Å². The number of hydrogen-bond donors (Lipinski definition) is 1. The van der Waals surface area contributed by atoms with Crippen molar-refractivity contribution in [2.75, 3.05) is 7.11 Å². The molecule has 7 atom stereocenters. The second kappa shape index (κ2) is 7.28. The molecule has 1 N–H and O–H groups in total. The first-order valence-corrected chi connectivity index (χ1v) is 8.25. The standard InChI is InChI=1S/C19H28O3/c1-12-9-10-15-11-13(2)19(21)14(3)18(15)16(12)7-5-6-8-17(20)22-4/h5-10,12-16,18-19,21H,11H2,1-4H3/b7-5+,8-6+/t12-,13-,14+,15-,16+,18?,19+/m1/s1. The number of rotatable bonds is 3. The minimum Gasteiger partial charge on any atom is -0.466 e. The maximum atomic E-state index is 11.1. The van der Waals surface area contributed by atoms with Gasteiger partial charge < -0.3 is 9.84 Å². The van der Waals surface area contributed by atoms with Crippen LogP contribution in [0, 0.1) is 35.5 Å². The average molecular weight is 304 g/mol. The second-order valence-corrected chi connectivity index (χ2v) is 6.89. The van der Waals surface area contributed by atoms with E-state index in [0.717, 1.165) is 6.42 Å². The van der Waals surface area contributed by atoms with E-state index in [-0.39, 0.29) is 12.1 Å². The number of fused-ring (bicyclic) bond motifs is 1. The first kappa shape index (κ1) is 17.0.